The number of rotatable bonds is 2. The first-order valence-electron chi connectivity index (χ1n) is 14.4. The summed E-state index contributed by atoms with van der Waals surface area (Å²) in [4.78, 5) is 0. The number of halogens is 1. The molecule has 196 valence electrons. The predicted molar refractivity (Wildman–Crippen MR) is 173 cm³/mol. The number of fused-ring (bicyclic) bond motifs is 7. The zero-order valence-electron chi connectivity index (χ0n) is 22.4. The molecule has 41 heavy (non-hydrogen) atoms. The molecular formula is C36H25BClNOSe. The molecule has 0 fully saturated rings. The molecule has 0 unspecified atom stereocenters. The Kier molecular flexibility index (Phi) is 5.35. The number of ether oxygens (including phenoxy) is 1. The molecule has 2 nitrogen and oxygen atoms in total. The molecule has 0 amide bonds. The van der Waals surface area contributed by atoms with Crippen LogP contribution in [0.3, 0.4) is 0 Å². The van der Waals surface area contributed by atoms with E-state index in [1.54, 1.807) is 5.56 Å². The number of hydrogen-bond acceptors (Lipinski definition) is 1. The van der Waals surface area contributed by atoms with Gasteiger partial charge in [0, 0.05) is 11.1 Å². The SMILES string of the molecule is Clc1ccc2c(c1)[Se]c1cccc3c1B2c1ccc(-c2ccc(-n4c5c(c6ccccc64)CCCC5)cc2)cc1O3. The molecule has 3 aliphatic rings. The average molecular weight is 613 g/mol. The third-order valence-electron chi connectivity index (χ3n) is 9.00. The molecule has 2 aliphatic heterocycles. The Morgan fingerprint density at radius 2 is 1.54 bits per heavy atom. The van der Waals surface area contributed by atoms with Crippen molar-refractivity contribution in [2.24, 2.45) is 0 Å². The van der Waals surface area contributed by atoms with Crippen LogP contribution in [0.15, 0.2) is 103 Å². The summed E-state index contributed by atoms with van der Waals surface area (Å²) in [7, 11) is 0. The fraction of sp³-hybridized carbons (Fsp3) is 0.111. The van der Waals surface area contributed by atoms with Gasteiger partial charge >= 0.3 is 180 Å². The molecule has 0 N–H and O–H groups in total. The summed E-state index contributed by atoms with van der Waals surface area (Å²) in [5.41, 5.74) is 11.9. The topological polar surface area (TPSA) is 14.2 Å². The number of hydrogen-bond donors (Lipinski definition) is 0. The van der Waals surface area contributed by atoms with Crippen molar-refractivity contribution in [1.82, 2.24) is 4.57 Å². The van der Waals surface area contributed by atoms with Crippen LogP contribution in [-0.4, -0.2) is 26.2 Å². The standard InChI is InChI=1S/C36H25BClNOSe/c38-24-15-19-29-35(21-24)41-34-11-5-10-32-36(34)37(29)28-18-14-23(20-33(28)40-32)22-12-16-25(17-13-22)39-30-8-3-1-6-26(30)27-7-2-4-9-31(27)39/h1,3,5-6,8,10-21H,2,4,7,9H2. The van der Waals surface area contributed by atoms with E-state index in [-0.39, 0.29) is 21.7 Å². The Hall–Kier alpha value is -3.69. The van der Waals surface area contributed by atoms with Gasteiger partial charge in [-0.1, -0.05) is 18.2 Å². The first-order chi connectivity index (χ1) is 20.2. The fourth-order valence-electron chi connectivity index (χ4n) is 7.17. The van der Waals surface area contributed by atoms with E-state index >= 15 is 0 Å². The minimum atomic E-state index is 0.178. The van der Waals surface area contributed by atoms with E-state index < -0.39 is 0 Å². The summed E-state index contributed by atoms with van der Waals surface area (Å²) >= 11 is 6.64. The van der Waals surface area contributed by atoms with Gasteiger partial charge in [0.05, 0.1) is 5.52 Å². The monoisotopic (exact) mass is 613 g/mol. The van der Waals surface area contributed by atoms with Crippen LogP contribution < -0.4 is 30.0 Å². The molecule has 1 aliphatic carbocycles. The van der Waals surface area contributed by atoms with Crippen LogP contribution in [0.5, 0.6) is 11.5 Å². The van der Waals surface area contributed by atoms with Gasteiger partial charge in [-0.25, -0.2) is 0 Å². The Labute approximate surface area is 251 Å². The van der Waals surface area contributed by atoms with Gasteiger partial charge in [-0.3, -0.25) is 0 Å². The average Bonchev–Trinajstić information content (AvgIpc) is 3.35. The summed E-state index contributed by atoms with van der Waals surface area (Å²) in [5, 5.41) is 2.22. The predicted octanol–water partition coefficient (Wildman–Crippen LogP) is 5.42. The molecule has 0 saturated carbocycles. The molecule has 0 saturated heterocycles. The second-order valence-corrected chi connectivity index (χ2v) is 14.0. The second-order valence-electron chi connectivity index (χ2n) is 11.3. The van der Waals surface area contributed by atoms with E-state index in [2.05, 4.69) is 102 Å². The van der Waals surface area contributed by atoms with Gasteiger partial charge in [0.15, 0.2) is 0 Å². The van der Waals surface area contributed by atoms with Gasteiger partial charge in [-0.15, -0.1) is 0 Å². The van der Waals surface area contributed by atoms with Crippen LogP contribution in [-0.2, 0) is 12.8 Å². The number of nitrogens with zero attached hydrogens (tertiary/aromatic N) is 1. The van der Waals surface area contributed by atoms with Crippen molar-refractivity contribution in [3.8, 4) is 28.3 Å². The van der Waals surface area contributed by atoms with Crippen molar-refractivity contribution >= 4 is 69.5 Å². The third-order valence-corrected chi connectivity index (χ3v) is 11.6. The van der Waals surface area contributed by atoms with E-state index in [4.69, 9.17) is 16.3 Å². The van der Waals surface area contributed by atoms with Crippen LogP contribution in [0.2, 0.25) is 5.02 Å². The zero-order chi connectivity index (χ0) is 27.1. The summed E-state index contributed by atoms with van der Waals surface area (Å²) in [5.74, 6) is 1.93. The van der Waals surface area contributed by atoms with Gasteiger partial charge in [0.25, 0.3) is 0 Å². The summed E-state index contributed by atoms with van der Waals surface area (Å²) in [6.07, 6.45) is 4.88. The maximum atomic E-state index is 6.60. The second kappa shape index (κ2) is 9.16. The van der Waals surface area contributed by atoms with Gasteiger partial charge in [-0.2, -0.15) is 0 Å². The molecule has 3 heterocycles. The van der Waals surface area contributed by atoms with Crippen molar-refractivity contribution in [2.45, 2.75) is 25.7 Å². The molecule has 1 aromatic heterocycles. The maximum absolute atomic E-state index is 6.60. The normalized spacial score (nSPS) is 14.6. The van der Waals surface area contributed by atoms with Crippen LogP contribution in [0.4, 0.5) is 0 Å². The van der Waals surface area contributed by atoms with Gasteiger partial charge < -0.3 is 0 Å². The number of aromatic nitrogens is 1. The zero-order valence-corrected chi connectivity index (χ0v) is 24.8. The molecule has 0 radical (unpaired) electrons. The van der Waals surface area contributed by atoms with Crippen molar-refractivity contribution in [3.05, 3.63) is 119 Å². The summed E-state index contributed by atoms with van der Waals surface area (Å²) in [6.45, 7) is 0.178. The van der Waals surface area contributed by atoms with E-state index in [0.717, 1.165) is 22.9 Å². The molecule has 0 atom stereocenters. The molecule has 9 rings (SSSR count). The molecule has 0 spiro atoms. The third kappa shape index (κ3) is 3.64. The Morgan fingerprint density at radius 1 is 0.707 bits per heavy atom. The first kappa shape index (κ1) is 24.0. The van der Waals surface area contributed by atoms with Crippen LogP contribution in [0, 0.1) is 0 Å². The Bertz CT molecular complexity index is 2030. The van der Waals surface area contributed by atoms with Gasteiger partial charge in [0.1, 0.15) is 0 Å². The van der Waals surface area contributed by atoms with Gasteiger partial charge in [-0.05, 0) is 37.3 Å². The number of para-hydroxylation sites is 1. The quantitative estimate of drug-likeness (QED) is 0.238. The van der Waals surface area contributed by atoms with E-state index in [1.165, 1.54) is 78.0 Å². The fourth-order valence-corrected chi connectivity index (χ4v) is 10.0. The van der Waals surface area contributed by atoms with Crippen molar-refractivity contribution in [1.29, 1.82) is 0 Å². The van der Waals surface area contributed by atoms with Gasteiger partial charge in [0.2, 0.25) is 0 Å². The molecule has 5 aromatic carbocycles. The summed E-state index contributed by atoms with van der Waals surface area (Å²) < 4.78 is 11.8. The Morgan fingerprint density at radius 3 is 2.46 bits per heavy atom. The first-order valence-corrected chi connectivity index (χ1v) is 16.5. The van der Waals surface area contributed by atoms with E-state index in [9.17, 15) is 0 Å². The molecule has 0 bridgehead atoms. The Balaban J connectivity index is 1.12. The number of benzene rings is 5. The minimum absolute atomic E-state index is 0.178. The van der Waals surface area contributed by atoms with Crippen LogP contribution in [0.1, 0.15) is 24.1 Å². The molecule has 6 aromatic rings. The van der Waals surface area contributed by atoms with Crippen molar-refractivity contribution in [3.63, 3.8) is 0 Å². The van der Waals surface area contributed by atoms with Crippen molar-refractivity contribution in [2.75, 3.05) is 0 Å². The van der Waals surface area contributed by atoms with Crippen molar-refractivity contribution < 1.29 is 4.74 Å². The summed E-state index contributed by atoms with van der Waals surface area (Å²) in [6, 6.07) is 37.6. The van der Waals surface area contributed by atoms with E-state index in [0.29, 0.717) is 0 Å². The van der Waals surface area contributed by atoms with Crippen LogP contribution >= 0.6 is 11.6 Å². The molecule has 5 heteroatoms. The van der Waals surface area contributed by atoms with E-state index in [1.807, 2.05) is 6.07 Å². The number of aryl methyl sites for hydroxylation is 1. The molecular weight excluding hydrogens is 588 g/mol. The van der Waals surface area contributed by atoms with Crippen LogP contribution in [0.25, 0.3) is 27.7 Å².